The van der Waals surface area contributed by atoms with E-state index in [0.29, 0.717) is 0 Å². The average molecular weight is 271 g/mol. The van der Waals surface area contributed by atoms with Gasteiger partial charge >= 0.3 is 5.97 Å². The molecule has 0 saturated heterocycles. The fourth-order valence-electron chi connectivity index (χ4n) is 1.68. The number of carbonyl (C=O) groups excluding carboxylic acids is 1. The first kappa shape index (κ1) is 14.9. The van der Waals surface area contributed by atoms with E-state index in [9.17, 15) is 4.79 Å². The fourth-order valence-corrected chi connectivity index (χ4v) is 3.07. The van der Waals surface area contributed by atoms with Crippen molar-refractivity contribution in [3.63, 3.8) is 0 Å². The van der Waals surface area contributed by atoms with Crippen LogP contribution in [-0.4, -0.2) is 14.8 Å². The quantitative estimate of drug-likeness (QED) is 0.272. The molecule has 0 bridgehead atoms. The van der Waals surface area contributed by atoms with Crippen molar-refractivity contribution in [3.8, 4) is 6.07 Å². The lowest BCUT2D eigenvalue weighted by Gasteiger charge is -2.20. The predicted molar refractivity (Wildman–Crippen MR) is 78.0 cm³/mol. The highest BCUT2D eigenvalue weighted by Crippen LogP contribution is 2.21. The van der Waals surface area contributed by atoms with Crippen molar-refractivity contribution < 1.29 is 9.53 Å². The molecule has 1 aromatic carbocycles. The zero-order valence-corrected chi connectivity index (χ0v) is 12.3. The van der Waals surface area contributed by atoms with Gasteiger partial charge in [0.2, 0.25) is 0 Å². The van der Waals surface area contributed by atoms with Gasteiger partial charge in [-0.2, -0.15) is 5.26 Å². The largest absolute Gasteiger partial charge is 0.458 e. The van der Waals surface area contributed by atoms with Crippen molar-refractivity contribution in [2.24, 2.45) is 0 Å². The van der Waals surface area contributed by atoms with Crippen LogP contribution in [0.25, 0.3) is 0 Å². The van der Waals surface area contributed by atoms with Crippen LogP contribution < -0.4 is 0 Å². The molecule has 1 aromatic rings. The zero-order valence-electron chi connectivity index (χ0n) is 11.2. The van der Waals surface area contributed by atoms with E-state index in [2.05, 4.69) is 19.7 Å². The van der Waals surface area contributed by atoms with Crippen molar-refractivity contribution in [2.45, 2.75) is 18.8 Å². The molecular weight excluding hydrogens is 254 g/mol. The summed E-state index contributed by atoms with van der Waals surface area (Å²) in [5.41, 5.74) is 0.731. The standard InChI is InChI=1S/C15H17NO2Si/c1-4-8-13(11-16)14(17)18-15(19(2)3)12-9-6-5-7-10-12/h4-10,15,19H,1H2,2-3H3. The maximum absolute atomic E-state index is 11.9. The monoisotopic (exact) mass is 271 g/mol. The summed E-state index contributed by atoms with van der Waals surface area (Å²) in [5, 5.41) is 8.89. The lowest BCUT2D eigenvalue weighted by Crippen LogP contribution is -2.23. The first-order valence-electron chi connectivity index (χ1n) is 6.09. The second-order valence-electron chi connectivity index (χ2n) is 4.41. The molecule has 0 spiro atoms. The predicted octanol–water partition coefficient (Wildman–Crippen LogP) is 2.93. The van der Waals surface area contributed by atoms with Crippen molar-refractivity contribution in [1.82, 2.24) is 0 Å². The lowest BCUT2D eigenvalue weighted by atomic mass is 10.2. The number of nitrogens with zero attached hydrogens (tertiary/aromatic N) is 1. The smallest absolute Gasteiger partial charge is 0.349 e. The number of benzene rings is 1. The van der Waals surface area contributed by atoms with Gasteiger partial charge in [-0.25, -0.2) is 4.79 Å². The molecule has 0 saturated carbocycles. The average Bonchev–Trinajstić information content (AvgIpc) is 2.42. The Morgan fingerprint density at radius 1 is 1.42 bits per heavy atom. The van der Waals surface area contributed by atoms with E-state index in [1.165, 1.54) is 12.2 Å². The van der Waals surface area contributed by atoms with Crippen LogP contribution in [0.5, 0.6) is 0 Å². The number of esters is 1. The highest BCUT2D eigenvalue weighted by Gasteiger charge is 2.22. The topological polar surface area (TPSA) is 50.1 Å². The molecule has 1 atom stereocenters. The van der Waals surface area contributed by atoms with Crippen LogP contribution in [-0.2, 0) is 9.53 Å². The summed E-state index contributed by atoms with van der Waals surface area (Å²) in [7, 11) is -1.25. The highest BCUT2D eigenvalue weighted by molar-refractivity contribution is 6.57. The minimum atomic E-state index is -1.25. The third-order valence-electron chi connectivity index (χ3n) is 2.59. The molecule has 0 aliphatic heterocycles. The van der Waals surface area contributed by atoms with Gasteiger partial charge < -0.3 is 4.74 Å². The van der Waals surface area contributed by atoms with E-state index in [1.54, 1.807) is 0 Å². The van der Waals surface area contributed by atoms with E-state index in [1.807, 2.05) is 36.4 Å². The number of carbonyl (C=O) groups is 1. The molecule has 4 heteroatoms. The number of allylic oxidation sites excluding steroid dienone is 2. The van der Waals surface area contributed by atoms with Gasteiger partial charge in [0.15, 0.2) is 0 Å². The van der Waals surface area contributed by atoms with Crippen molar-refractivity contribution in [2.75, 3.05) is 0 Å². The van der Waals surface area contributed by atoms with Crippen LogP contribution in [0, 0.1) is 11.3 Å². The molecule has 0 aliphatic carbocycles. The molecule has 3 nitrogen and oxygen atoms in total. The van der Waals surface area contributed by atoms with E-state index in [4.69, 9.17) is 10.00 Å². The van der Waals surface area contributed by atoms with Crippen molar-refractivity contribution in [3.05, 3.63) is 60.2 Å². The summed E-state index contributed by atoms with van der Waals surface area (Å²) in [6.45, 7) is 7.69. The Hall–Kier alpha value is -2.12. The third kappa shape index (κ3) is 4.23. The van der Waals surface area contributed by atoms with Gasteiger partial charge in [-0.15, -0.1) is 0 Å². The first-order chi connectivity index (χ1) is 9.10. The van der Waals surface area contributed by atoms with Crippen LogP contribution in [0.15, 0.2) is 54.6 Å². The normalized spacial score (nSPS) is 12.6. The van der Waals surface area contributed by atoms with Gasteiger partial charge in [-0.3, -0.25) is 0 Å². The van der Waals surface area contributed by atoms with Gasteiger partial charge in [-0.05, 0) is 11.6 Å². The molecule has 0 heterocycles. The third-order valence-corrected chi connectivity index (χ3v) is 4.32. The van der Waals surface area contributed by atoms with E-state index in [0.717, 1.165) is 5.56 Å². The molecule has 0 aliphatic rings. The minimum Gasteiger partial charge on any atom is -0.458 e. The Balaban J connectivity index is 2.93. The molecule has 1 unspecified atom stereocenters. The van der Waals surface area contributed by atoms with Crippen LogP contribution in [0.3, 0.4) is 0 Å². The summed E-state index contributed by atoms with van der Waals surface area (Å²) in [6.07, 6.45) is 2.77. The maximum Gasteiger partial charge on any atom is 0.349 e. The van der Waals surface area contributed by atoms with Gasteiger partial charge in [0.05, 0.1) is 8.80 Å². The second-order valence-corrected chi connectivity index (χ2v) is 7.50. The SMILES string of the molecule is C=CC=C(C#N)C(=O)OC(c1ccccc1)[SiH](C)C. The summed E-state index contributed by atoms with van der Waals surface area (Å²) in [4.78, 5) is 11.9. The maximum atomic E-state index is 11.9. The Bertz CT molecular complexity index is 515. The molecule has 0 N–H and O–H groups in total. The summed E-state index contributed by atoms with van der Waals surface area (Å²) >= 11 is 0. The summed E-state index contributed by atoms with van der Waals surface area (Å²) < 4.78 is 5.49. The van der Waals surface area contributed by atoms with Crippen LogP contribution in [0.1, 0.15) is 11.3 Å². The fraction of sp³-hybridized carbons (Fsp3) is 0.200. The Morgan fingerprint density at radius 3 is 2.53 bits per heavy atom. The Kier molecular flexibility index (Phi) is 5.77. The molecule has 0 aromatic heterocycles. The summed E-state index contributed by atoms with van der Waals surface area (Å²) in [5.74, 6) is -0.586. The van der Waals surface area contributed by atoms with Crippen molar-refractivity contribution in [1.29, 1.82) is 5.26 Å². The summed E-state index contributed by atoms with van der Waals surface area (Å²) in [6, 6.07) is 11.5. The van der Waals surface area contributed by atoms with E-state index >= 15 is 0 Å². The second kappa shape index (κ2) is 7.34. The van der Waals surface area contributed by atoms with Gasteiger partial charge in [0.1, 0.15) is 17.4 Å². The number of hydrogen-bond donors (Lipinski definition) is 0. The molecular formula is C15H17NO2Si. The van der Waals surface area contributed by atoms with Gasteiger partial charge in [0, 0.05) is 0 Å². The number of hydrogen-bond acceptors (Lipinski definition) is 3. The highest BCUT2D eigenvalue weighted by atomic mass is 28.3. The van der Waals surface area contributed by atoms with E-state index in [-0.39, 0.29) is 11.3 Å². The molecule has 1 rings (SSSR count). The number of nitriles is 1. The first-order valence-corrected chi connectivity index (χ1v) is 9.06. The number of ether oxygens (including phenoxy) is 1. The molecule has 98 valence electrons. The van der Waals surface area contributed by atoms with Gasteiger partial charge in [-0.1, -0.05) is 56.1 Å². The van der Waals surface area contributed by atoms with Crippen LogP contribution in [0.4, 0.5) is 0 Å². The lowest BCUT2D eigenvalue weighted by molar-refractivity contribution is -0.140. The van der Waals surface area contributed by atoms with E-state index < -0.39 is 14.8 Å². The van der Waals surface area contributed by atoms with Gasteiger partial charge in [0.25, 0.3) is 0 Å². The molecule has 0 fully saturated rings. The van der Waals surface area contributed by atoms with Crippen LogP contribution in [0.2, 0.25) is 13.1 Å². The van der Waals surface area contributed by atoms with Crippen molar-refractivity contribution >= 4 is 14.8 Å². The Labute approximate surface area is 115 Å². The number of rotatable bonds is 5. The molecule has 0 amide bonds. The molecule has 19 heavy (non-hydrogen) atoms. The minimum absolute atomic E-state index is 0.0226. The zero-order chi connectivity index (χ0) is 14.3. The molecule has 0 radical (unpaired) electrons. The van der Waals surface area contributed by atoms with Crippen LogP contribution >= 0.6 is 0 Å². The Morgan fingerprint density at radius 2 is 2.05 bits per heavy atom.